The minimum absolute atomic E-state index is 0.0445. The van der Waals surface area contributed by atoms with Crippen LogP contribution in [0.5, 0.6) is 0 Å². The van der Waals surface area contributed by atoms with Crippen molar-refractivity contribution >= 4 is 5.78 Å². The summed E-state index contributed by atoms with van der Waals surface area (Å²) in [6, 6.07) is 0. The second-order valence-electron chi connectivity index (χ2n) is 1.48. The van der Waals surface area contributed by atoms with Gasteiger partial charge in [-0.15, -0.1) is 0 Å². The van der Waals surface area contributed by atoms with E-state index >= 15 is 0 Å². The van der Waals surface area contributed by atoms with Gasteiger partial charge in [-0.25, -0.2) is 0 Å². The van der Waals surface area contributed by atoms with Crippen molar-refractivity contribution in [3.8, 4) is 0 Å². The molecule has 0 bridgehead atoms. The largest absolute Gasteiger partial charge is 0.494 e. The van der Waals surface area contributed by atoms with Crippen LogP contribution in [0.4, 0.5) is 0 Å². The fourth-order valence-corrected chi connectivity index (χ4v) is 0.262. The molecule has 0 N–H and O–H groups in total. The zero-order valence-corrected chi connectivity index (χ0v) is 5.18. The Morgan fingerprint density at radius 1 is 1.75 bits per heavy atom. The molecule has 8 heavy (non-hydrogen) atoms. The molecule has 0 rings (SSSR count). The summed E-state index contributed by atoms with van der Waals surface area (Å²) < 4.78 is 4.71. The van der Waals surface area contributed by atoms with Gasteiger partial charge in [-0.1, -0.05) is 6.08 Å². The van der Waals surface area contributed by atoms with Crippen LogP contribution >= 0.6 is 0 Å². The standard InChI is InChI=1S/C6H10O2/c1-3-4-8-5-6(2)7/h3-4H,5H2,1-2H3/b4-3-. The Bertz CT molecular complexity index is 94.7. The van der Waals surface area contributed by atoms with Gasteiger partial charge >= 0.3 is 0 Å². The lowest BCUT2D eigenvalue weighted by atomic mass is 10.5. The quantitative estimate of drug-likeness (QED) is 0.514. The molecule has 0 amide bonds. The molecule has 0 aliphatic carbocycles. The third kappa shape index (κ3) is 5.21. The average molecular weight is 114 g/mol. The molecule has 2 nitrogen and oxygen atoms in total. The van der Waals surface area contributed by atoms with E-state index in [1.165, 1.54) is 13.2 Å². The number of carbonyl (C=O) groups excluding carboxylic acids is 1. The maximum absolute atomic E-state index is 10.2. The van der Waals surface area contributed by atoms with Crippen LogP contribution in [-0.4, -0.2) is 12.4 Å². The Morgan fingerprint density at radius 3 is 2.75 bits per heavy atom. The van der Waals surface area contributed by atoms with E-state index in [1.54, 1.807) is 6.08 Å². The van der Waals surface area contributed by atoms with Crippen LogP contribution < -0.4 is 0 Å². The molecule has 0 radical (unpaired) electrons. The number of allylic oxidation sites excluding steroid dienone is 1. The zero-order chi connectivity index (χ0) is 6.41. The number of ketones is 1. The van der Waals surface area contributed by atoms with E-state index in [9.17, 15) is 4.79 Å². The third-order valence-corrected chi connectivity index (χ3v) is 0.519. The number of Topliss-reactive ketones (excluding diaryl/α,β-unsaturated/α-hetero) is 1. The number of carbonyl (C=O) groups is 1. The van der Waals surface area contributed by atoms with E-state index in [0.29, 0.717) is 0 Å². The number of ether oxygens (including phenoxy) is 1. The fourth-order valence-electron chi connectivity index (χ4n) is 0.262. The molecule has 0 aliphatic heterocycles. The Kier molecular flexibility index (Phi) is 3.94. The highest BCUT2D eigenvalue weighted by molar-refractivity contribution is 5.76. The molecule has 2 heteroatoms. The SMILES string of the molecule is C/C=C\OCC(C)=O. The van der Waals surface area contributed by atoms with Crippen LogP contribution in [-0.2, 0) is 9.53 Å². The van der Waals surface area contributed by atoms with Crippen LogP contribution in [0.2, 0.25) is 0 Å². The molecular weight excluding hydrogens is 104 g/mol. The van der Waals surface area contributed by atoms with Gasteiger partial charge < -0.3 is 4.74 Å². The van der Waals surface area contributed by atoms with Gasteiger partial charge in [0.2, 0.25) is 0 Å². The van der Waals surface area contributed by atoms with Gasteiger partial charge in [-0.2, -0.15) is 0 Å². The van der Waals surface area contributed by atoms with Gasteiger partial charge in [0.05, 0.1) is 6.26 Å². The Labute approximate surface area is 49.1 Å². The molecule has 0 saturated carbocycles. The van der Waals surface area contributed by atoms with Gasteiger partial charge in [-0.3, -0.25) is 4.79 Å². The zero-order valence-electron chi connectivity index (χ0n) is 5.18. The average Bonchev–Trinajstić information content (AvgIpc) is 1.66. The summed E-state index contributed by atoms with van der Waals surface area (Å²) in [5.74, 6) is 0.0445. The van der Waals surface area contributed by atoms with Crippen LogP contribution in [0.1, 0.15) is 13.8 Å². The molecular formula is C6H10O2. The van der Waals surface area contributed by atoms with Crippen LogP contribution in [0, 0.1) is 0 Å². The second kappa shape index (κ2) is 4.37. The van der Waals surface area contributed by atoms with E-state index < -0.39 is 0 Å². The predicted molar refractivity (Wildman–Crippen MR) is 31.4 cm³/mol. The summed E-state index contributed by atoms with van der Waals surface area (Å²) in [7, 11) is 0. The number of hydrogen-bond acceptors (Lipinski definition) is 2. The summed E-state index contributed by atoms with van der Waals surface area (Å²) in [5.41, 5.74) is 0. The summed E-state index contributed by atoms with van der Waals surface area (Å²) in [6.07, 6.45) is 3.24. The lowest BCUT2D eigenvalue weighted by molar-refractivity contribution is -0.119. The van der Waals surface area contributed by atoms with Crippen molar-refractivity contribution in [2.45, 2.75) is 13.8 Å². The van der Waals surface area contributed by atoms with E-state index in [4.69, 9.17) is 4.74 Å². The minimum atomic E-state index is 0.0445. The maximum atomic E-state index is 10.2. The van der Waals surface area contributed by atoms with Crippen molar-refractivity contribution in [3.05, 3.63) is 12.3 Å². The van der Waals surface area contributed by atoms with Gasteiger partial charge in [0, 0.05) is 0 Å². The predicted octanol–water partition coefficient (Wildman–Crippen LogP) is 1.13. The first-order valence-electron chi connectivity index (χ1n) is 2.49. The maximum Gasteiger partial charge on any atom is 0.167 e. The Balaban J connectivity index is 3.05. The van der Waals surface area contributed by atoms with Crippen LogP contribution in [0.3, 0.4) is 0 Å². The van der Waals surface area contributed by atoms with Crippen molar-refractivity contribution in [1.29, 1.82) is 0 Å². The van der Waals surface area contributed by atoms with Crippen molar-refractivity contribution in [2.75, 3.05) is 6.61 Å². The lowest BCUT2D eigenvalue weighted by Crippen LogP contribution is -1.98. The second-order valence-corrected chi connectivity index (χ2v) is 1.48. The Morgan fingerprint density at radius 2 is 2.38 bits per heavy atom. The van der Waals surface area contributed by atoms with Gasteiger partial charge in [-0.05, 0) is 13.8 Å². The van der Waals surface area contributed by atoms with Crippen molar-refractivity contribution in [1.82, 2.24) is 0 Å². The molecule has 0 aromatic rings. The minimum Gasteiger partial charge on any atom is -0.494 e. The molecule has 0 aromatic carbocycles. The van der Waals surface area contributed by atoms with Gasteiger partial charge in [0.25, 0.3) is 0 Å². The summed E-state index contributed by atoms with van der Waals surface area (Å²) in [5, 5.41) is 0. The molecule has 0 unspecified atom stereocenters. The van der Waals surface area contributed by atoms with Crippen molar-refractivity contribution in [3.63, 3.8) is 0 Å². The molecule has 0 aromatic heterocycles. The monoisotopic (exact) mass is 114 g/mol. The number of rotatable bonds is 3. The topological polar surface area (TPSA) is 26.3 Å². The van der Waals surface area contributed by atoms with E-state index in [2.05, 4.69) is 0 Å². The molecule has 0 saturated heterocycles. The highest BCUT2D eigenvalue weighted by atomic mass is 16.5. The van der Waals surface area contributed by atoms with Crippen LogP contribution in [0.25, 0.3) is 0 Å². The highest BCUT2D eigenvalue weighted by Gasteiger charge is 1.85. The van der Waals surface area contributed by atoms with E-state index in [0.717, 1.165) is 0 Å². The van der Waals surface area contributed by atoms with Crippen molar-refractivity contribution in [2.24, 2.45) is 0 Å². The first-order valence-corrected chi connectivity index (χ1v) is 2.49. The Hall–Kier alpha value is -0.790. The summed E-state index contributed by atoms with van der Waals surface area (Å²) in [4.78, 5) is 10.2. The molecule has 0 heterocycles. The summed E-state index contributed by atoms with van der Waals surface area (Å²) in [6.45, 7) is 3.51. The normalized spacial score (nSPS) is 9.75. The smallest absolute Gasteiger partial charge is 0.167 e. The van der Waals surface area contributed by atoms with E-state index in [1.807, 2.05) is 6.92 Å². The summed E-state index contributed by atoms with van der Waals surface area (Å²) >= 11 is 0. The lowest BCUT2D eigenvalue weighted by Gasteiger charge is -1.91. The van der Waals surface area contributed by atoms with Crippen molar-refractivity contribution < 1.29 is 9.53 Å². The van der Waals surface area contributed by atoms with E-state index in [-0.39, 0.29) is 12.4 Å². The fraction of sp³-hybridized carbons (Fsp3) is 0.500. The molecule has 0 aliphatic rings. The third-order valence-electron chi connectivity index (χ3n) is 0.519. The first kappa shape index (κ1) is 7.21. The first-order chi connectivity index (χ1) is 3.77. The molecule has 0 fully saturated rings. The van der Waals surface area contributed by atoms with Gasteiger partial charge in [0.1, 0.15) is 6.61 Å². The van der Waals surface area contributed by atoms with Crippen LogP contribution in [0.15, 0.2) is 12.3 Å². The molecule has 0 atom stereocenters. The molecule has 46 valence electrons. The molecule has 0 spiro atoms. The highest BCUT2D eigenvalue weighted by Crippen LogP contribution is 1.76. The number of hydrogen-bond donors (Lipinski definition) is 0. The van der Waals surface area contributed by atoms with Gasteiger partial charge in [0.15, 0.2) is 5.78 Å².